The molecule has 0 radical (unpaired) electrons. The fraction of sp³-hybridized carbons (Fsp3) is 0.321. The highest BCUT2D eigenvalue weighted by molar-refractivity contribution is 6.30. The predicted molar refractivity (Wildman–Crippen MR) is 144 cm³/mol. The Labute approximate surface area is 231 Å². The van der Waals surface area contributed by atoms with Gasteiger partial charge >= 0.3 is 0 Å². The predicted octanol–water partition coefficient (Wildman–Crippen LogP) is 3.75. The molecule has 1 saturated heterocycles. The van der Waals surface area contributed by atoms with E-state index in [9.17, 15) is 14.4 Å². The minimum atomic E-state index is -1.12. The lowest BCUT2D eigenvalue weighted by Gasteiger charge is -2.32. The van der Waals surface area contributed by atoms with Crippen molar-refractivity contribution in [2.24, 2.45) is 0 Å². The second-order valence-electron chi connectivity index (χ2n) is 8.80. The Bertz CT molecular complexity index is 1270. The van der Waals surface area contributed by atoms with Crippen LogP contribution in [0.15, 0.2) is 65.3 Å². The van der Waals surface area contributed by atoms with Crippen LogP contribution in [-0.2, 0) is 14.3 Å². The Balaban J connectivity index is 1.70. The van der Waals surface area contributed by atoms with Crippen LogP contribution in [0.2, 0.25) is 5.02 Å². The molecule has 3 aromatic rings. The van der Waals surface area contributed by atoms with Crippen molar-refractivity contribution in [1.29, 1.82) is 0 Å². The van der Waals surface area contributed by atoms with E-state index in [1.807, 2.05) is 0 Å². The van der Waals surface area contributed by atoms with Gasteiger partial charge in [-0.1, -0.05) is 17.7 Å². The molecule has 0 aliphatic carbocycles. The minimum Gasteiger partial charge on any atom is -0.493 e. The van der Waals surface area contributed by atoms with E-state index in [4.69, 9.17) is 30.2 Å². The van der Waals surface area contributed by atoms with Crippen LogP contribution in [0, 0.1) is 0 Å². The van der Waals surface area contributed by atoms with Gasteiger partial charge in [-0.25, -0.2) is 0 Å². The number of carbonyl (C=O) groups is 3. The van der Waals surface area contributed by atoms with Gasteiger partial charge in [0.1, 0.15) is 6.04 Å². The molecule has 0 saturated carbocycles. The molecule has 1 aliphatic rings. The van der Waals surface area contributed by atoms with E-state index in [0.717, 1.165) is 12.8 Å². The molecule has 2 N–H and O–H groups in total. The van der Waals surface area contributed by atoms with Gasteiger partial charge in [-0.15, -0.1) is 0 Å². The molecule has 1 aromatic heterocycles. The lowest BCUT2D eigenvalue weighted by atomic mass is 10.0. The molecule has 1 fully saturated rings. The van der Waals surface area contributed by atoms with Gasteiger partial charge in [0.15, 0.2) is 17.3 Å². The largest absolute Gasteiger partial charge is 0.493 e. The SMILES string of the molecule is COc1ccc([C@H](C(=O)NC[C@@H]2CCCO2)N(C(=O)CNC(=O)c2ccco2)c2ccc(Cl)cc2)cc1OC. The first kappa shape index (κ1) is 28.0. The molecule has 3 amide bonds. The fourth-order valence-corrected chi connectivity index (χ4v) is 4.46. The second kappa shape index (κ2) is 13.2. The molecule has 10 nitrogen and oxygen atoms in total. The van der Waals surface area contributed by atoms with Crippen LogP contribution < -0.4 is 25.0 Å². The first-order valence-corrected chi connectivity index (χ1v) is 12.8. The van der Waals surface area contributed by atoms with Gasteiger partial charge in [0.25, 0.3) is 5.91 Å². The summed E-state index contributed by atoms with van der Waals surface area (Å²) in [5.41, 5.74) is 0.877. The number of furan rings is 1. The Morgan fingerprint density at radius 3 is 2.46 bits per heavy atom. The zero-order chi connectivity index (χ0) is 27.8. The number of rotatable bonds is 11. The molecule has 0 spiro atoms. The monoisotopic (exact) mass is 555 g/mol. The number of carbonyl (C=O) groups excluding carboxylic acids is 3. The van der Waals surface area contributed by atoms with Crippen molar-refractivity contribution in [3.05, 3.63) is 77.2 Å². The number of hydrogen-bond acceptors (Lipinski definition) is 7. The molecule has 11 heteroatoms. The summed E-state index contributed by atoms with van der Waals surface area (Å²) in [5.74, 6) is -0.611. The summed E-state index contributed by atoms with van der Waals surface area (Å²) in [5, 5.41) is 5.96. The number of methoxy groups -OCH3 is 2. The number of nitrogens with one attached hydrogen (secondary N) is 2. The summed E-state index contributed by atoms with van der Waals surface area (Å²) in [6, 6.07) is 13.4. The number of nitrogens with zero attached hydrogens (tertiary/aromatic N) is 1. The number of amides is 3. The van der Waals surface area contributed by atoms with Crippen molar-refractivity contribution in [3.8, 4) is 11.5 Å². The maximum Gasteiger partial charge on any atom is 0.287 e. The van der Waals surface area contributed by atoms with Gasteiger partial charge in [-0.3, -0.25) is 19.3 Å². The van der Waals surface area contributed by atoms with Crippen molar-refractivity contribution in [2.75, 3.05) is 38.8 Å². The van der Waals surface area contributed by atoms with Crippen molar-refractivity contribution < 1.29 is 33.0 Å². The van der Waals surface area contributed by atoms with Crippen molar-refractivity contribution in [3.63, 3.8) is 0 Å². The average Bonchev–Trinajstić information content (AvgIpc) is 3.68. The minimum absolute atomic E-state index is 0.0617. The molecule has 2 atom stereocenters. The molecule has 0 bridgehead atoms. The number of halogens is 1. The van der Waals surface area contributed by atoms with Gasteiger partial charge in [0.2, 0.25) is 11.8 Å². The zero-order valence-corrected chi connectivity index (χ0v) is 22.4. The zero-order valence-electron chi connectivity index (χ0n) is 21.6. The Morgan fingerprint density at radius 1 is 1.05 bits per heavy atom. The van der Waals surface area contributed by atoms with E-state index in [1.165, 1.54) is 31.4 Å². The van der Waals surface area contributed by atoms with E-state index in [1.54, 1.807) is 48.5 Å². The van der Waals surface area contributed by atoms with Crippen molar-refractivity contribution in [2.45, 2.75) is 25.0 Å². The van der Waals surface area contributed by atoms with Gasteiger partial charge in [-0.2, -0.15) is 0 Å². The first-order chi connectivity index (χ1) is 18.9. The number of hydrogen-bond donors (Lipinski definition) is 2. The summed E-state index contributed by atoms with van der Waals surface area (Å²) < 4.78 is 21.6. The summed E-state index contributed by atoms with van der Waals surface area (Å²) in [6.45, 7) is 0.538. The lowest BCUT2D eigenvalue weighted by Crippen LogP contribution is -2.48. The molecule has 1 aliphatic heterocycles. The molecule has 39 heavy (non-hydrogen) atoms. The van der Waals surface area contributed by atoms with E-state index in [2.05, 4.69) is 10.6 Å². The quantitative estimate of drug-likeness (QED) is 0.370. The molecular weight excluding hydrogens is 526 g/mol. The number of anilines is 1. The highest BCUT2D eigenvalue weighted by Crippen LogP contribution is 2.35. The Kier molecular flexibility index (Phi) is 9.45. The van der Waals surface area contributed by atoms with Crippen LogP contribution in [0.25, 0.3) is 0 Å². The van der Waals surface area contributed by atoms with Crippen LogP contribution >= 0.6 is 11.6 Å². The molecular formula is C28H30ClN3O7. The summed E-state index contributed by atoms with van der Waals surface area (Å²) in [7, 11) is 3.00. The van der Waals surface area contributed by atoms with Crippen LogP contribution in [0.5, 0.6) is 11.5 Å². The third-order valence-electron chi connectivity index (χ3n) is 6.28. The van der Waals surface area contributed by atoms with Crippen LogP contribution in [0.3, 0.4) is 0 Å². The summed E-state index contributed by atoms with van der Waals surface area (Å²) in [4.78, 5) is 41.4. The lowest BCUT2D eigenvalue weighted by molar-refractivity contribution is -0.126. The summed E-state index contributed by atoms with van der Waals surface area (Å²) in [6.07, 6.45) is 3.01. The van der Waals surface area contributed by atoms with E-state index < -0.39 is 30.3 Å². The molecule has 2 aromatic carbocycles. The van der Waals surface area contributed by atoms with E-state index >= 15 is 0 Å². The summed E-state index contributed by atoms with van der Waals surface area (Å²) >= 11 is 6.12. The molecule has 0 unspecified atom stereocenters. The van der Waals surface area contributed by atoms with Crippen LogP contribution in [0.4, 0.5) is 5.69 Å². The fourth-order valence-electron chi connectivity index (χ4n) is 4.33. The molecule has 206 valence electrons. The van der Waals surface area contributed by atoms with Gasteiger partial charge in [0.05, 0.1) is 33.1 Å². The third kappa shape index (κ3) is 6.90. The van der Waals surface area contributed by atoms with E-state index in [-0.39, 0.29) is 11.9 Å². The van der Waals surface area contributed by atoms with Crippen molar-refractivity contribution >= 4 is 35.0 Å². The van der Waals surface area contributed by atoms with E-state index in [0.29, 0.717) is 40.9 Å². The average molecular weight is 556 g/mol. The third-order valence-corrected chi connectivity index (χ3v) is 6.53. The molecule has 2 heterocycles. The number of benzene rings is 2. The van der Waals surface area contributed by atoms with Gasteiger partial charge < -0.3 is 29.3 Å². The first-order valence-electron chi connectivity index (χ1n) is 12.4. The van der Waals surface area contributed by atoms with Crippen LogP contribution in [-0.4, -0.2) is 57.7 Å². The molecule has 4 rings (SSSR count). The topological polar surface area (TPSA) is 119 Å². The highest BCUT2D eigenvalue weighted by Gasteiger charge is 2.34. The maximum atomic E-state index is 13.8. The standard InChI is InChI=1S/C28H30ClN3O7/c1-36-22-12-7-18(15-24(22)37-2)26(28(35)30-16-21-5-3-13-38-21)32(20-10-8-19(29)9-11-20)25(33)17-31-27(34)23-6-4-14-39-23/h4,6-12,14-15,21,26H,3,5,13,16-17H2,1-2H3,(H,30,35)(H,31,34)/t21-,26+/m0/s1. The smallest absolute Gasteiger partial charge is 0.287 e. The van der Waals surface area contributed by atoms with Gasteiger partial charge in [0, 0.05) is 23.9 Å². The number of ether oxygens (including phenoxy) is 3. The second-order valence-corrected chi connectivity index (χ2v) is 9.23. The highest BCUT2D eigenvalue weighted by atomic mass is 35.5. The van der Waals surface area contributed by atoms with Gasteiger partial charge in [-0.05, 0) is 66.9 Å². The Morgan fingerprint density at radius 2 is 1.82 bits per heavy atom. The normalized spacial score (nSPS) is 15.3. The maximum absolute atomic E-state index is 13.8. The van der Waals surface area contributed by atoms with Crippen molar-refractivity contribution in [1.82, 2.24) is 10.6 Å². The Hall–Kier alpha value is -4.02. The van der Waals surface area contributed by atoms with Crippen LogP contribution in [0.1, 0.15) is 35.0 Å².